The summed E-state index contributed by atoms with van der Waals surface area (Å²) in [6.07, 6.45) is -1.42. The molecular weight excluding hydrogens is 377 g/mol. The Morgan fingerprint density at radius 3 is 2.50 bits per heavy atom. The molecule has 0 radical (unpaired) electrons. The van der Waals surface area contributed by atoms with Crippen molar-refractivity contribution in [3.63, 3.8) is 0 Å². The molecule has 148 valence electrons. The number of urea groups is 1. The molecule has 2 heterocycles. The number of benzene rings is 1. The van der Waals surface area contributed by atoms with Crippen molar-refractivity contribution in [2.24, 2.45) is 0 Å². The van der Waals surface area contributed by atoms with Crippen LogP contribution in [0.25, 0.3) is 0 Å². The molecule has 1 aliphatic rings. The van der Waals surface area contributed by atoms with Crippen molar-refractivity contribution in [1.29, 1.82) is 0 Å². The minimum absolute atomic E-state index is 0.143. The maximum Gasteiger partial charge on any atom is 0.573 e. The first-order valence-electron chi connectivity index (χ1n) is 8.26. The number of hydrogen-bond donors (Lipinski definition) is 2. The van der Waals surface area contributed by atoms with Crippen LogP contribution in [-0.4, -0.2) is 35.9 Å². The van der Waals surface area contributed by atoms with Gasteiger partial charge in [-0.25, -0.2) is 9.69 Å². The monoisotopic (exact) mass is 394 g/mol. The average molecular weight is 394 g/mol. The molecule has 10 heteroatoms. The van der Waals surface area contributed by atoms with Crippen LogP contribution < -0.4 is 20.3 Å². The van der Waals surface area contributed by atoms with Crippen molar-refractivity contribution in [2.45, 2.75) is 25.2 Å². The minimum atomic E-state index is -4.82. The van der Waals surface area contributed by atoms with Crippen LogP contribution in [0.2, 0.25) is 0 Å². The van der Waals surface area contributed by atoms with Crippen molar-refractivity contribution in [3.8, 4) is 5.75 Å². The predicted molar refractivity (Wildman–Crippen MR) is 95.0 cm³/mol. The molecule has 1 unspecified atom stereocenters. The van der Waals surface area contributed by atoms with Gasteiger partial charge in [-0.2, -0.15) is 0 Å². The molecule has 0 saturated carbocycles. The first kappa shape index (κ1) is 19.5. The van der Waals surface area contributed by atoms with Gasteiger partial charge in [0.15, 0.2) is 0 Å². The smallest absolute Gasteiger partial charge is 0.406 e. The lowest BCUT2D eigenvalue weighted by atomic mass is 9.92. The van der Waals surface area contributed by atoms with Gasteiger partial charge in [-0.1, -0.05) is 0 Å². The molecule has 1 aliphatic heterocycles. The van der Waals surface area contributed by atoms with E-state index in [2.05, 4.69) is 20.4 Å². The first-order chi connectivity index (χ1) is 13.1. The summed E-state index contributed by atoms with van der Waals surface area (Å²) in [4.78, 5) is 30.3. The Balaban J connectivity index is 1.83. The number of nitrogens with one attached hydrogen (secondary N) is 2. The maximum atomic E-state index is 13.0. The SMILES string of the molecule is CNc1cnccc1CC1(C)NC(=O)N(c2ccc(OC(F)(F)F)cc2)C1=O. The summed E-state index contributed by atoms with van der Waals surface area (Å²) in [6.45, 7) is 1.59. The van der Waals surface area contributed by atoms with Crippen molar-refractivity contribution >= 4 is 23.3 Å². The van der Waals surface area contributed by atoms with Crippen LogP contribution in [0.4, 0.5) is 29.3 Å². The second-order valence-corrected chi connectivity index (χ2v) is 6.40. The number of amides is 3. The quantitative estimate of drug-likeness (QED) is 0.762. The van der Waals surface area contributed by atoms with Gasteiger partial charge >= 0.3 is 12.4 Å². The zero-order chi connectivity index (χ0) is 20.5. The van der Waals surface area contributed by atoms with Gasteiger partial charge in [0, 0.05) is 19.7 Å². The highest BCUT2D eigenvalue weighted by Gasteiger charge is 2.48. The number of nitrogens with zero attached hydrogens (tertiary/aromatic N) is 2. The van der Waals surface area contributed by atoms with Crippen LogP contribution in [0.1, 0.15) is 12.5 Å². The molecule has 1 aromatic heterocycles. The van der Waals surface area contributed by atoms with Crippen LogP contribution >= 0.6 is 0 Å². The van der Waals surface area contributed by atoms with Gasteiger partial charge in [-0.3, -0.25) is 9.78 Å². The second-order valence-electron chi connectivity index (χ2n) is 6.40. The standard InChI is InChI=1S/C18H17F3N4O3/c1-17(9-11-7-8-23-10-14(11)22-2)15(26)25(16(27)24-17)12-3-5-13(6-4-12)28-18(19,20)21/h3-8,10,22H,9H2,1-2H3,(H,24,27). The lowest BCUT2D eigenvalue weighted by Gasteiger charge is -2.23. The number of hydrogen-bond acceptors (Lipinski definition) is 5. The predicted octanol–water partition coefficient (Wildman–Crippen LogP) is 3.08. The molecule has 1 aromatic carbocycles. The largest absolute Gasteiger partial charge is 0.573 e. The number of halogens is 3. The number of rotatable bonds is 5. The number of alkyl halides is 3. The van der Waals surface area contributed by atoms with E-state index >= 15 is 0 Å². The van der Waals surface area contributed by atoms with Crippen LogP contribution in [0.15, 0.2) is 42.7 Å². The molecule has 0 aliphatic carbocycles. The van der Waals surface area contributed by atoms with Gasteiger partial charge in [0.1, 0.15) is 11.3 Å². The van der Waals surface area contributed by atoms with E-state index in [4.69, 9.17) is 0 Å². The first-order valence-corrected chi connectivity index (χ1v) is 8.26. The van der Waals surface area contributed by atoms with E-state index in [0.29, 0.717) is 0 Å². The summed E-state index contributed by atoms with van der Waals surface area (Å²) in [5.74, 6) is -0.956. The van der Waals surface area contributed by atoms with Crippen LogP contribution in [-0.2, 0) is 11.2 Å². The van der Waals surface area contributed by atoms with Gasteiger partial charge < -0.3 is 15.4 Å². The molecule has 0 bridgehead atoms. The maximum absolute atomic E-state index is 13.0. The van der Waals surface area contributed by atoms with E-state index in [0.717, 1.165) is 28.3 Å². The molecule has 1 atom stereocenters. The van der Waals surface area contributed by atoms with E-state index < -0.39 is 29.6 Å². The summed E-state index contributed by atoms with van der Waals surface area (Å²) in [7, 11) is 1.72. The van der Waals surface area contributed by atoms with Gasteiger partial charge in [-0.15, -0.1) is 13.2 Å². The zero-order valence-corrected chi connectivity index (χ0v) is 15.0. The Labute approximate surface area is 158 Å². The number of anilines is 2. The Hall–Kier alpha value is -3.30. The summed E-state index contributed by atoms with van der Waals surface area (Å²) in [5.41, 5.74) is 0.428. The lowest BCUT2D eigenvalue weighted by molar-refractivity contribution is -0.274. The van der Waals surface area contributed by atoms with Crippen LogP contribution in [0.3, 0.4) is 0 Å². The van der Waals surface area contributed by atoms with Gasteiger partial charge in [0.25, 0.3) is 5.91 Å². The fraction of sp³-hybridized carbons (Fsp3) is 0.278. The topological polar surface area (TPSA) is 83.6 Å². The van der Waals surface area contributed by atoms with Gasteiger partial charge in [0.2, 0.25) is 0 Å². The fourth-order valence-corrected chi connectivity index (χ4v) is 3.02. The van der Waals surface area contributed by atoms with E-state index in [1.807, 2.05) is 0 Å². The van der Waals surface area contributed by atoms with Crippen molar-refractivity contribution < 1.29 is 27.5 Å². The molecule has 1 saturated heterocycles. The molecule has 0 spiro atoms. The third-order valence-corrected chi connectivity index (χ3v) is 4.31. The Bertz CT molecular complexity index is 902. The van der Waals surface area contributed by atoms with E-state index in [9.17, 15) is 22.8 Å². The zero-order valence-electron chi connectivity index (χ0n) is 15.0. The molecule has 2 N–H and O–H groups in total. The number of aromatic nitrogens is 1. The number of imide groups is 1. The number of carbonyl (C=O) groups is 2. The Kier molecular flexibility index (Phi) is 4.88. The van der Waals surface area contributed by atoms with E-state index in [1.165, 1.54) is 12.1 Å². The van der Waals surface area contributed by atoms with Crippen LogP contribution in [0.5, 0.6) is 5.75 Å². The van der Waals surface area contributed by atoms with Crippen molar-refractivity contribution in [2.75, 3.05) is 17.3 Å². The molecule has 28 heavy (non-hydrogen) atoms. The van der Waals surface area contributed by atoms with E-state index in [1.54, 1.807) is 32.4 Å². The Morgan fingerprint density at radius 2 is 1.89 bits per heavy atom. The summed E-state index contributed by atoms with van der Waals surface area (Å²) in [6, 6.07) is 5.60. The normalized spacial score (nSPS) is 19.5. The lowest BCUT2D eigenvalue weighted by Crippen LogP contribution is -2.46. The summed E-state index contributed by atoms with van der Waals surface area (Å²) < 4.78 is 40.6. The molecule has 7 nitrogen and oxygen atoms in total. The second kappa shape index (κ2) is 7.02. The molecular formula is C18H17F3N4O3. The molecule has 3 amide bonds. The van der Waals surface area contributed by atoms with Gasteiger partial charge in [0.05, 0.1) is 17.6 Å². The van der Waals surface area contributed by atoms with Crippen molar-refractivity contribution in [3.05, 3.63) is 48.3 Å². The van der Waals surface area contributed by atoms with E-state index in [-0.39, 0.29) is 12.1 Å². The summed E-state index contributed by atoms with van der Waals surface area (Å²) in [5, 5.41) is 5.63. The third-order valence-electron chi connectivity index (χ3n) is 4.31. The Morgan fingerprint density at radius 1 is 1.21 bits per heavy atom. The number of ether oxygens (including phenoxy) is 1. The average Bonchev–Trinajstić information content (AvgIpc) is 2.84. The third kappa shape index (κ3) is 3.85. The van der Waals surface area contributed by atoms with Crippen molar-refractivity contribution in [1.82, 2.24) is 10.3 Å². The highest BCUT2D eigenvalue weighted by molar-refractivity contribution is 6.23. The number of pyridine rings is 1. The number of carbonyl (C=O) groups excluding carboxylic acids is 2. The molecule has 1 fully saturated rings. The summed E-state index contributed by atoms with van der Waals surface area (Å²) >= 11 is 0. The van der Waals surface area contributed by atoms with Crippen LogP contribution in [0, 0.1) is 0 Å². The fourth-order valence-electron chi connectivity index (χ4n) is 3.02. The highest BCUT2D eigenvalue weighted by Crippen LogP contribution is 2.31. The molecule has 2 aromatic rings. The minimum Gasteiger partial charge on any atom is -0.406 e. The van der Waals surface area contributed by atoms with Gasteiger partial charge in [-0.05, 0) is 42.8 Å². The highest BCUT2D eigenvalue weighted by atomic mass is 19.4. The molecule has 3 rings (SSSR count).